The molecule has 0 aliphatic rings. The van der Waals surface area contributed by atoms with Crippen molar-refractivity contribution >= 4 is 11.0 Å². The van der Waals surface area contributed by atoms with E-state index in [1.807, 2.05) is 51.1 Å². The highest BCUT2D eigenvalue weighted by atomic mass is 32.2. The lowest BCUT2D eigenvalue weighted by Crippen LogP contribution is -2.35. The number of nitrogens with one attached hydrogen (secondary N) is 1. The number of halogens is 1. The zero-order valence-electron chi connectivity index (χ0n) is 11.1. The van der Waals surface area contributed by atoms with E-state index >= 15 is 0 Å². The molecular formula is C14H20FNOS. The molecule has 1 aromatic rings. The average Bonchev–Trinajstić information content (AvgIpc) is 2.27. The predicted octanol–water partition coefficient (Wildman–Crippen LogP) is 3.65. The second-order valence-electron chi connectivity index (χ2n) is 5.18. The maximum atomic E-state index is 13.1. The molecule has 0 aliphatic carbocycles. The van der Waals surface area contributed by atoms with E-state index in [2.05, 4.69) is 11.3 Å². The van der Waals surface area contributed by atoms with Gasteiger partial charge in [0.2, 0.25) is 0 Å². The van der Waals surface area contributed by atoms with Crippen LogP contribution in [0.25, 0.3) is 0 Å². The van der Waals surface area contributed by atoms with Gasteiger partial charge in [-0.15, -0.1) is 0 Å². The molecule has 0 unspecified atom stereocenters. The van der Waals surface area contributed by atoms with Gasteiger partial charge in [0.15, 0.2) is 0 Å². The lowest BCUT2D eigenvalue weighted by Gasteiger charge is -2.24. The number of benzene rings is 1. The first-order valence-electron chi connectivity index (χ1n) is 5.87. The summed E-state index contributed by atoms with van der Waals surface area (Å²) in [7, 11) is -1.24. The molecule has 0 bridgehead atoms. The van der Waals surface area contributed by atoms with Crippen LogP contribution < -0.4 is 4.72 Å². The Morgan fingerprint density at radius 2 is 1.94 bits per heavy atom. The lowest BCUT2D eigenvalue weighted by atomic mass is 10.0. The molecule has 2 nitrogen and oxygen atoms in total. The van der Waals surface area contributed by atoms with Crippen molar-refractivity contribution in [3.05, 3.63) is 48.3 Å². The molecule has 1 aromatic carbocycles. The highest BCUT2D eigenvalue weighted by Crippen LogP contribution is 2.23. The summed E-state index contributed by atoms with van der Waals surface area (Å²) in [6.07, 6.45) is 0.131. The van der Waals surface area contributed by atoms with Crippen molar-refractivity contribution in [3.63, 3.8) is 0 Å². The van der Waals surface area contributed by atoms with Gasteiger partial charge in [0, 0.05) is 6.42 Å². The Kier molecular flexibility index (Phi) is 5.23. The van der Waals surface area contributed by atoms with Crippen LogP contribution in [0.15, 0.2) is 42.7 Å². The summed E-state index contributed by atoms with van der Waals surface area (Å²) in [5.41, 5.74) is 0.911. The van der Waals surface area contributed by atoms with Gasteiger partial charge in [-0.05, 0) is 26.3 Å². The molecule has 4 heteroatoms. The van der Waals surface area contributed by atoms with Crippen LogP contribution in [-0.4, -0.2) is 8.96 Å². The van der Waals surface area contributed by atoms with Crippen molar-refractivity contribution < 1.29 is 8.60 Å². The molecule has 0 saturated heterocycles. The summed E-state index contributed by atoms with van der Waals surface area (Å²) >= 11 is 0. The summed E-state index contributed by atoms with van der Waals surface area (Å²) in [4.78, 5) is 0. The van der Waals surface area contributed by atoms with Gasteiger partial charge in [0.05, 0.1) is 27.6 Å². The van der Waals surface area contributed by atoms with E-state index in [0.29, 0.717) is 0 Å². The second-order valence-corrected chi connectivity index (χ2v) is 7.18. The minimum absolute atomic E-state index is 0.131. The molecule has 1 rings (SSSR count). The number of hydrogen-bond donors (Lipinski definition) is 1. The van der Waals surface area contributed by atoms with Crippen molar-refractivity contribution in [2.75, 3.05) is 0 Å². The SMILES string of the molecule is C=C(F)C[C@@H](N[S@@](=O)C(C)(C)C)c1ccccc1. The largest absolute Gasteiger partial charge is 0.242 e. The van der Waals surface area contributed by atoms with E-state index in [4.69, 9.17) is 0 Å². The molecule has 0 radical (unpaired) electrons. The lowest BCUT2D eigenvalue weighted by molar-refractivity contribution is 0.523. The highest BCUT2D eigenvalue weighted by molar-refractivity contribution is 7.84. The average molecular weight is 269 g/mol. The van der Waals surface area contributed by atoms with Crippen LogP contribution in [0.3, 0.4) is 0 Å². The molecule has 0 amide bonds. The van der Waals surface area contributed by atoms with Crippen molar-refractivity contribution in [2.24, 2.45) is 0 Å². The van der Waals surface area contributed by atoms with Crippen LogP contribution in [0.4, 0.5) is 4.39 Å². The Balaban J connectivity index is 2.87. The Hall–Kier alpha value is -1.00. The molecular weight excluding hydrogens is 249 g/mol. The summed E-state index contributed by atoms with van der Waals surface area (Å²) in [5, 5.41) is 0. The number of hydrogen-bond acceptors (Lipinski definition) is 1. The summed E-state index contributed by atoms with van der Waals surface area (Å²) < 4.78 is 27.7. The fraction of sp³-hybridized carbons (Fsp3) is 0.429. The maximum absolute atomic E-state index is 13.1. The quantitative estimate of drug-likeness (QED) is 0.868. The minimum Gasteiger partial charge on any atom is -0.242 e. The van der Waals surface area contributed by atoms with Gasteiger partial charge in [-0.1, -0.05) is 36.9 Å². The van der Waals surface area contributed by atoms with E-state index in [1.165, 1.54) is 0 Å². The molecule has 0 spiro atoms. The molecule has 0 heterocycles. The maximum Gasteiger partial charge on any atom is 0.0976 e. The third-order valence-corrected chi connectivity index (χ3v) is 4.04. The third kappa shape index (κ3) is 4.70. The fourth-order valence-corrected chi connectivity index (χ4v) is 2.27. The summed E-state index contributed by atoms with van der Waals surface area (Å²) in [6.45, 7) is 8.92. The first-order valence-corrected chi connectivity index (χ1v) is 7.02. The van der Waals surface area contributed by atoms with E-state index in [-0.39, 0.29) is 17.2 Å². The van der Waals surface area contributed by atoms with Gasteiger partial charge >= 0.3 is 0 Å². The van der Waals surface area contributed by atoms with Crippen LogP contribution in [0, 0.1) is 0 Å². The molecule has 1 N–H and O–H groups in total. The molecule has 100 valence electrons. The first-order chi connectivity index (χ1) is 8.30. The molecule has 0 saturated carbocycles. The Morgan fingerprint density at radius 3 is 2.39 bits per heavy atom. The number of rotatable bonds is 5. The Morgan fingerprint density at radius 1 is 1.39 bits per heavy atom. The van der Waals surface area contributed by atoms with Gasteiger partial charge in [0.25, 0.3) is 0 Å². The van der Waals surface area contributed by atoms with Crippen molar-refractivity contribution in [1.82, 2.24) is 4.72 Å². The molecule has 0 fully saturated rings. The normalized spacial score (nSPS) is 15.1. The predicted molar refractivity (Wildman–Crippen MR) is 75.1 cm³/mol. The topological polar surface area (TPSA) is 29.1 Å². The smallest absolute Gasteiger partial charge is 0.0976 e. The van der Waals surface area contributed by atoms with Crippen LogP contribution in [0.5, 0.6) is 0 Å². The monoisotopic (exact) mass is 269 g/mol. The van der Waals surface area contributed by atoms with Crippen LogP contribution in [0.1, 0.15) is 38.8 Å². The van der Waals surface area contributed by atoms with Gasteiger partial charge in [-0.3, -0.25) is 0 Å². The fourth-order valence-electron chi connectivity index (χ4n) is 1.44. The summed E-state index contributed by atoms with van der Waals surface area (Å²) in [6, 6.07) is 9.12. The second kappa shape index (κ2) is 6.25. The Bertz CT molecular complexity index is 425. The van der Waals surface area contributed by atoms with E-state index < -0.39 is 16.8 Å². The van der Waals surface area contributed by atoms with Crippen LogP contribution in [0.2, 0.25) is 0 Å². The van der Waals surface area contributed by atoms with Crippen molar-refractivity contribution in [3.8, 4) is 0 Å². The molecule has 2 atom stereocenters. The van der Waals surface area contributed by atoms with Gasteiger partial charge in [0.1, 0.15) is 0 Å². The van der Waals surface area contributed by atoms with Crippen LogP contribution >= 0.6 is 0 Å². The van der Waals surface area contributed by atoms with Crippen molar-refractivity contribution in [2.45, 2.75) is 38.0 Å². The first kappa shape index (κ1) is 15.1. The molecule has 18 heavy (non-hydrogen) atoms. The van der Waals surface area contributed by atoms with E-state index in [9.17, 15) is 8.60 Å². The molecule has 0 aliphatic heterocycles. The zero-order chi connectivity index (χ0) is 13.8. The Labute approximate surface area is 111 Å². The standard InChI is InChI=1S/C14H20FNOS/c1-11(15)10-13(12-8-6-5-7-9-12)16-18(17)14(2,3)4/h5-9,13,16H,1,10H2,2-4H3/t13-,18+/m1/s1. The van der Waals surface area contributed by atoms with Gasteiger partial charge in [-0.2, -0.15) is 0 Å². The van der Waals surface area contributed by atoms with Crippen LogP contribution in [-0.2, 0) is 11.0 Å². The van der Waals surface area contributed by atoms with E-state index in [0.717, 1.165) is 5.56 Å². The summed E-state index contributed by atoms with van der Waals surface area (Å²) in [5.74, 6) is -0.415. The van der Waals surface area contributed by atoms with E-state index in [1.54, 1.807) is 0 Å². The zero-order valence-corrected chi connectivity index (χ0v) is 11.9. The van der Waals surface area contributed by atoms with Crippen molar-refractivity contribution in [1.29, 1.82) is 0 Å². The molecule has 0 aromatic heterocycles. The minimum atomic E-state index is -1.24. The van der Waals surface area contributed by atoms with Gasteiger partial charge in [-0.25, -0.2) is 13.3 Å². The third-order valence-electron chi connectivity index (χ3n) is 2.43. The highest BCUT2D eigenvalue weighted by Gasteiger charge is 2.24. The van der Waals surface area contributed by atoms with Gasteiger partial charge < -0.3 is 0 Å².